The van der Waals surface area contributed by atoms with Gasteiger partial charge in [-0.3, -0.25) is 4.21 Å². The highest BCUT2D eigenvalue weighted by atomic mass is 32.2. The molecule has 66 valence electrons. The Morgan fingerprint density at radius 3 is 2.18 bits per heavy atom. The van der Waals surface area contributed by atoms with Crippen LogP contribution in [0, 0.1) is 0 Å². The van der Waals surface area contributed by atoms with Gasteiger partial charge in [0.2, 0.25) is 0 Å². The van der Waals surface area contributed by atoms with E-state index in [0.717, 1.165) is 4.31 Å². The van der Waals surface area contributed by atoms with Crippen LogP contribution >= 0.6 is 0 Å². The van der Waals surface area contributed by atoms with Crippen molar-refractivity contribution in [2.45, 2.75) is 18.8 Å². The summed E-state index contributed by atoms with van der Waals surface area (Å²) in [4.78, 5) is 0. The van der Waals surface area contributed by atoms with E-state index < -0.39 is 17.2 Å². The maximum absolute atomic E-state index is 12.4. The monoisotopic (exact) mass is 184 g/mol. The number of hydrogen-bond donors (Lipinski definition) is 0. The smallest absolute Gasteiger partial charge is 0.250 e. The van der Waals surface area contributed by atoms with Crippen molar-refractivity contribution < 1.29 is 17.5 Å². The second kappa shape index (κ2) is 3.12. The van der Waals surface area contributed by atoms with Crippen LogP contribution in [-0.2, 0) is 11.3 Å². The first-order valence-electron chi connectivity index (χ1n) is 3.23. The van der Waals surface area contributed by atoms with Crippen molar-refractivity contribution in [3.8, 4) is 0 Å². The van der Waals surface area contributed by atoms with Crippen LogP contribution in [0.15, 0.2) is 0 Å². The Labute approximate surface area is 65.8 Å². The standard InChI is InChI=1S/C5H9F2NO2S/c6-5(7)1-3-8(4-2-5)11(9)10/h1-4H2,(H,9,10)/p-1. The van der Waals surface area contributed by atoms with Gasteiger partial charge < -0.3 is 4.55 Å². The third-order valence-electron chi connectivity index (χ3n) is 1.66. The predicted octanol–water partition coefficient (Wildman–Crippen LogP) is 0.512. The van der Waals surface area contributed by atoms with E-state index in [9.17, 15) is 17.5 Å². The molecule has 0 aromatic rings. The summed E-state index contributed by atoms with van der Waals surface area (Å²) in [7, 11) is 0. The molecule has 0 amide bonds. The van der Waals surface area contributed by atoms with Crippen LogP contribution in [0.25, 0.3) is 0 Å². The second-order valence-electron chi connectivity index (χ2n) is 2.50. The van der Waals surface area contributed by atoms with E-state index in [1.54, 1.807) is 0 Å². The fourth-order valence-corrected chi connectivity index (χ4v) is 1.44. The fourth-order valence-electron chi connectivity index (χ4n) is 0.962. The lowest BCUT2D eigenvalue weighted by atomic mass is 10.1. The first-order valence-corrected chi connectivity index (χ1v) is 4.27. The van der Waals surface area contributed by atoms with Crippen molar-refractivity contribution in [1.29, 1.82) is 0 Å². The van der Waals surface area contributed by atoms with Gasteiger partial charge in [-0.25, -0.2) is 13.1 Å². The van der Waals surface area contributed by atoms with Crippen molar-refractivity contribution in [1.82, 2.24) is 4.31 Å². The topological polar surface area (TPSA) is 43.4 Å². The van der Waals surface area contributed by atoms with Gasteiger partial charge in [-0.05, 0) is 0 Å². The van der Waals surface area contributed by atoms with Crippen LogP contribution in [-0.4, -0.2) is 32.1 Å². The summed E-state index contributed by atoms with van der Waals surface area (Å²) in [6, 6.07) is 0. The van der Waals surface area contributed by atoms with Crippen LogP contribution in [0.4, 0.5) is 8.78 Å². The summed E-state index contributed by atoms with van der Waals surface area (Å²) in [5, 5.41) is 0. The predicted molar refractivity (Wildman–Crippen MR) is 34.7 cm³/mol. The minimum absolute atomic E-state index is 0.0664. The molecule has 0 saturated carbocycles. The zero-order chi connectivity index (χ0) is 8.48. The zero-order valence-electron chi connectivity index (χ0n) is 5.76. The molecule has 1 aliphatic heterocycles. The lowest BCUT2D eigenvalue weighted by Gasteiger charge is -2.32. The van der Waals surface area contributed by atoms with Crippen molar-refractivity contribution in [3.63, 3.8) is 0 Å². The Kier molecular flexibility index (Phi) is 2.56. The van der Waals surface area contributed by atoms with E-state index in [1.165, 1.54) is 0 Å². The number of halogens is 2. The molecular weight excluding hydrogens is 176 g/mol. The molecule has 1 heterocycles. The van der Waals surface area contributed by atoms with Crippen LogP contribution in [0.3, 0.4) is 0 Å². The van der Waals surface area contributed by atoms with Gasteiger partial charge in [-0.15, -0.1) is 0 Å². The molecule has 0 bridgehead atoms. The molecular formula is C5H8F2NO2S-. The van der Waals surface area contributed by atoms with E-state index >= 15 is 0 Å². The Bertz CT molecular complexity index is 166. The third-order valence-corrected chi connectivity index (χ3v) is 2.45. The van der Waals surface area contributed by atoms with Gasteiger partial charge in [-0.2, -0.15) is 0 Å². The molecule has 3 nitrogen and oxygen atoms in total. The van der Waals surface area contributed by atoms with Crippen molar-refractivity contribution in [2.75, 3.05) is 13.1 Å². The largest absolute Gasteiger partial charge is 0.760 e. The van der Waals surface area contributed by atoms with Crippen molar-refractivity contribution in [2.24, 2.45) is 0 Å². The van der Waals surface area contributed by atoms with Crippen LogP contribution in [0.2, 0.25) is 0 Å². The number of alkyl halides is 2. The first kappa shape index (κ1) is 9.02. The molecule has 1 unspecified atom stereocenters. The quantitative estimate of drug-likeness (QED) is 0.557. The molecule has 1 rings (SSSR count). The van der Waals surface area contributed by atoms with Crippen molar-refractivity contribution >= 4 is 11.3 Å². The molecule has 1 atom stereocenters. The molecule has 0 aliphatic carbocycles. The summed E-state index contributed by atoms with van der Waals surface area (Å²) in [5.41, 5.74) is 0. The van der Waals surface area contributed by atoms with Gasteiger partial charge in [0.25, 0.3) is 5.92 Å². The Morgan fingerprint density at radius 2 is 1.82 bits per heavy atom. The molecule has 6 heteroatoms. The number of hydrogen-bond acceptors (Lipinski definition) is 2. The summed E-state index contributed by atoms with van der Waals surface area (Å²) < 4.78 is 46.3. The van der Waals surface area contributed by atoms with Gasteiger partial charge in [-0.1, -0.05) is 0 Å². The van der Waals surface area contributed by atoms with E-state index in [-0.39, 0.29) is 25.9 Å². The number of piperidine rings is 1. The van der Waals surface area contributed by atoms with Gasteiger partial charge >= 0.3 is 0 Å². The molecule has 0 spiro atoms. The Morgan fingerprint density at radius 1 is 1.36 bits per heavy atom. The Hall–Kier alpha value is -0.0700. The fraction of sp³-hybridized carbons (Fsp3) is 1.00. The van der Waals surface area contributed by atoms with Crippen LogP contribution in [0.1, 0.15) is 12.8 Å². The van der Waals surface area contributed by atoms with Gasteiger partial charge in [0.05, 0.1) is 0 Å². The lowest BCUT2D eigenvalue weighted by Crippen LogP contribution is -2.40. The normalized spacial score (nSPS) is 28.3. The summed E-state index contributed by atoms with van der Waals surface area (Å²) in [6.07, 6.45) is -0.720. The molecule has 0 radical (unpaired) electrons. The van der Waals surface area contributed by atoms with E-state index in [2.05, 4.69) is 0 Å². The highest BCUT2D eigenvalue weighted by Crippen LogP contribution is 2.27. The summed E-state index contributed by atoms with van der Waals surface area (Å²) >= 11 is -2.34. The minimum Gasteiger partial charge on any atom is -0.760 e. The van der Waals surface area contributed by atoms with Crippen molar-refractivity contribution in [3.05, 3.63) is 0 Å². The third kappa shape index (κ3) is 2.46. The lowest BCUT2D eigenvalue weighted by molar-refractivity contribution is -0.0414. The second-order valence-corrected chi connectivity index (χ2v) is 3.45. The first-order chi connectivity index (χ1) is 5.01. The van der Waals surface area contributed by atoms with Crippen LogP contribution in [0.5, 0.6) is 0 Å². The summed E-state index contributed by atoms with van der Waals surface area (Å²) in [6.45, 7) is -0.133. The molecule has 0 N–H and O–H groups in total. The minimum atomic E-state index is -2.67. The molecule has 1 fully saturated rings. The maximum atomic E-state index is 12.4. The highest BCUT2D eigenvalue weighted by Gasteiger charge is 2.34. The molecule has 1 saturated heterocycles. The molecule has 1 aliphatic rings. The van der Waals surface area contributed by atoms with Crippen LogP contribution < -0.4 is 0 Å². The number of nitrogens with zero attached hydrogens (tertiary/aromatic N) is 1. The van der Waals surface area contributed by atoms with E-state index in [0.29, 0.717) is 0 Å². The maximum Gasteiger partial charge on any atom is 0.250 e. The van der Waals surface area contributed by atoms with Gasteiger partial charge in [0.1, 0.15) is 0 Å². The number of rotatable bonds is 1. The average Bonchev–Trinajstić information content (AvgIpc) is 1.86. The van der Waals surface area contributed by atoms with E-state index in [1.807, 2.05) is 0 Å². The highest BCUT2D eigenvalue weighted by molar-refractivity contribution is 7.76. The van der Waals surface area contributed by atoms with Gasteiger partial charge in [0, 0.05) is 37.2 Å². The molecule has 11 heavy (non-hydrogen) atoms. The van der Waals surface area contributed by atoms with Gasteiger partial charge in [0.15, 0.2) is 0 Å². The summed E-state index contributed by atoms with van der Waals surface area (Å²) in [5.74, 6) is -2.67. The average molecular weight is 184 g/mol. The molecule has 0 aromatic heterocycles. The zero-order valence-corrected chi connectivity index (χ0v) is 6.57. The SMILES string of the molecule is O=S([O-])N1CCC(F)(F)CC1. The Balaban J connectivity index is 2.42. The molecule has 0 aromatic carbocycles. The van der Waals surface area contributed by atoms with E-state index in [4.69, 9.17) is 0 Å².